The van der Waals surface area contributed by atoms with Crippen LogP contribution in [0.3, 0.4) is 0 Å². The minimum absolute atomic E-state index is 0.0353. The maximum absolute atomic E-state index is 11.9. The van der Waals surface area contributed by atoms with E-state index >= 15 is 0 Å². The number of amides is 1. The van der Waals surface area contributed by atoms with E-state index in [0.717, 1.165) is 25.2 Å². The Morgan fingerprint density at radius 2 is 2.16 bits per heavy atom. The van der Waals surface area contributed by atoms with E-state index in [1.165, 1.54) is 0 Å². The smallest absolute Gasteiger partial charge is 0.253 e. The Morgan fingerprint density at radius 1 is 1.42 bits per heavy atom. The Hall–Kier alpha value is -1.55. The van der Waals surface area contributed by atoms with E-state index in [1.54, 1.807) is 24.1 Å². The van der Waals surface area contributed by atoms with Crippen molar-refractivity contribution in [2.24, 2.45) is 0 Å². The number of ether oxygens (including phenoxy) is 2. The molecule has 1 unspecified atom stereocenters. The molecule has 1 saturated heterocycles. The second-order valence-corrected chi connectivity index (χ2v) is 4.79. The van der Waals surface area contributed by atoms with Gasteiger partial charge in [-0.05, 0) is 44.0 Å². The summed E-state index contributed by atoms with van der Waals surface area (Å²) in [4.78, 5) is 13.6. The third kappa shape index (κ3) is 3.70. The van der Waals surface area contributed by atoms with Crippen LogP contribution in [0.25, 0.3) is 0 Å². The van der Waals surface area contributed by atoms with Gasteiger partial charge in [-0.1, -0.05) is 0 Å². The molecule has 1 amide bonds. The van der Waals surface area contributed by atoms with Crippen molar-refractivity contribution in [1.29, 1.82) is 0 Å². The molecular weight excluding hydrogens is 242 g/mol. The Bertz CT molecular complexity index is 410. The van der Waals surface area contributed by atoms with E-state index in [2.05, 4.69) is 0 Å². The lowest BCUT2D eigenvalue weighted by Crippen LogP contribution is -2.26. The maximum Gasteiger partial charge on any atom is 0.253 e. The molecule has 0 radical (unpaired) electrons. The average molecular weight is 263 g/mol. The predicted molar refractivity (Wildman–Crippen MR) is 73.5 cm³/mol. The summed E-state index contributed by atoms with van der Waals surface area (Å²) < 4.78 is 11.2. The Labute approximate surface area is 114 Å². The molecule has 4 heteroatoms. The van der Waals surface area contributed by atoms with Gasteiger partial charge in [0.1, 0.15) is 12.4 Å². The normalized spacial score (nSPS) is 18.3. The van der Waals surface area contributed by atoms with Gasteiger partial charge in [-0.15, -0.1) is 0 Å². The largest absolute Gasteiger partial charge is 0.491 e. The molecule has 1 aromatic rings. The molecule has 0 spiro atoms. The van der Waals surface area contributed by atoms with Crippen molar-refractivity contribution in [3.05, 3.63) is 29.8 Å². The summed E-state index contributed by atoms with van der Waals surface area (Å²) in [5.41, 5.74) is 0.689. The van der Waals surface area contributed by atoms with Crippen molar-refractivity contribution in [3.63, 3.8) is 0 Å². The van der Waals surface area contributed by atoms with Crippen molar-refractivity contribution in [2.45, 2.75) is 25.9 Å². The molecule has 104 valence electrons. The number of carbonyl (C=O) groups is 1. The van der Waals surface area contributed by atoms with E-state index in [4.69, 9.17) is 9.47 Å². The fourth-order valence-electron chi connectivity index (χ4n) is 2.02. The molecule has 1 aromatic carbocycles. The monoisotopic (exact) mass is 263 g/mol. The fraction of sp³-hybridized carbons (Fsp3) is 0.533. The molecule has 0 N–H and O–H groups in total. The summed E-state index contributed by atoms with van der Waals surface area (Å²) in [6, 6.07) is 7.29. The summed E-state index contributed by atoms with van der Waals surface area (Å²) in [5, 5.41) is 0. The van der Waals surface area contributed by atoms with Gasteiger partial charge in [0.05, 0.1) is 6.10 Å². The van der Waals surface area contributed by atoms with Crippen molar-refractivity contribution in [1.82, 2.24) is 4.90 Å². The average Bonchev–Trinajstić information content (AvgIpc) is 2.97. The second-order valence-electron chi connectivity index (χ2n) is 4.79. The minimum atomic E-state index is 0.0353. The zero-order valence-corrected chi connectivity index (χ0v) is 11.6. The summed E-state index contributed by atoms with van der Waals surface area (Å²) in [6.07, 6.45) is 2.40. The third-order valence-corrected chi connectivity index (χ3v) is 3.38. The van der Waals surface area contributed by atoms with E-state index in [-0.39, 0.29) is 12.0 Å². The van der Waals surface area contributed by atoms with Gasteiger partial charge in [0.15, 0.2) is 0 Å². The Morgan fingerprint density at radius 3 is 2.74 bits per heavy atom. The highest BCUT2D eigenvalue weighted by atomic mass is 16.5. The van der Waals surface area contributed by atoms with Crippen molar-refractivity contribution in [3.8, 4) is 5.75 Å². The molecule has 0 saturated carbocycles. The Kier molecular flexibility index (Phi) is 4.80. The van der Waals surface area contributed by atoms with Gasteiger partial charge in [0.2, 0.25) is 0 Å². The van der Waals surface area contributed by atoms with Crippen molar-refractivity contribution < 1.29 is 14.3 Å². The molecular formula is C15H21NO3. The van der Waals surface area contributed by atoms with Gasteiger partial charge in [-0.3, -0.25) is 4.79 Å². The van der Waals surface area contributed by atoms with Crippen LogP contribution in [0.2, 0.25) is 0 Å². The zero-order valence-electron chi connectivity index (χ0n) is 11.6. The lowest BCUT2D eigenvalue weighted by atomic mass is 10.2. The molecule has 1 aliphatic heterocycles. The third-order valence-electron chi connectivity index (χ3n) is 3.38. The first kappa shape index (κ1) is 13.9. The highest BCUT2D eigenvalue weighted by Crippen LogP contribution is 2.17. The molecule has 1 heterocycles. The van der Waals surface area contributed by atoms with Gasteiger partial charge in [0.25, 0.3) is 5.91 Å². The van der Waals surface area contributed by atoms with Gasteiger partial charge >= 0.3 is 0 Å². The van der Waals surface area contributed by atoms with Crippen molar-refractivity contribution in [2.75, 3.05) is 26.8 Å². The summed E-state index contributed by atoms with van der Waals surface area (Å²) in [6.45, 7) is 4.08. The van der Waals surface area contributed by atoms with Gasteiger partial charge in [-0.2, -0.15) is 0 Å². The molecule has 0 bridgehead atoms. The van der Waals surface area contributed by atoms with Crippen LogP contribution in [0.15, 0.2) is 24.3 Å². The van der Waals surface area contributed by atoms with Crippen LogP contribution in [0, 0.1) is 0 Å². The lowest BCUT2D eigenvalue weighted by molar-refractivity contribution is 0.0679. The lowest BCUT2D eigenvalue weighted by Gasteiger charge is -2.15. The number of carbonyl (C=O) groups excluding carboxylic acids is 1. The van der Waals surface area contributed by atoms with E-state index in [9.17, 15) is 4.79 Å². The van der Waals surface area contributed by atoms with Gasteiger partial charge < -0.3 is 14.4 Å². The number of rotatable bonds is 5. The molecule has 2 rings (SSSR count). The van der Waals surface area contributed by atoms with Crippen LogP contribution in [0.4, 0.5) is 0 Å². The second kappa shape index (κ2) is 6.57. The maximum atomic E-state index is 11.9. The molecule has 4 nitrogen and oxygen atoms in total. The highest BCUT2D eigenvalue weighted by molar-refractivity contribution is 5.94. The topological polar surface area (TPSA) is 38.8 Å². The molecule has 1 atom stereocenters. The van der Waals surface area contributed by atoms with Crippen LogP contribution < -0.4 is 4.74 Å². The van der Waals surface area contributed by atoms with Crippen LogP contribution in [-0.4, -0.2) is 43.7 Å². The molecule has 1 aliphatic rings. The molecule has 0 aliphatic carbocycles. The summed E-state index contributed by atoms with van der Waals surface area (Å²) in [7, 11) is 1.80. The zero-order chi connectivity index (χ0) is 13.7. The SMILES string of the molecule is CCN(C)C(=O)c1ccc(OCC2CCCO2)cc1. The number of hydrogen-bond donors (Lipinski definition) is 0. The van der Waals surface area contributed by atoms with Crippen LogP contribution in [0.5, 0.6) is 5.75 Å². The fourth-order valence-corrected chi connectivity index (χ4v) is 2.02. The molecule has 19 heavy (non-hydrogen) atoms. The summed E-state index contributed by atoms with van der Waals surface area (Å²) in [5.74, 6) is 0.819. The van der Waals surface area contributed by atoms with E-state index in [0.29, 0.717) is 18.7 Å². The van der Waals surface area contributed by atoms with E-state index < -0.39 is 0 Å². The molecule has 1 fully saturated rings. The summed E-state index contributed by atoms with van der Waals surface area (Å²) >= 11 is 0. The van der Waals surface area contributed by atoms with E-state index in [1.807, 2.05) is 19.1 Å². The van der Waals surface area contributed by atoms with Crippen LogP contribution >= 0.6 is 0 Å². The standard InChI is InChI=1S/C15H21NO3/c1-3-16(2)15(17)12-6-8-13(9-7-12)19-11-14-5-4-10-18-14/h6-9,14H,3-5,10-11H2,1-2H3. The van der Waals surface area contributed by atoms with Gasteiger partial charge in [-0.25, -0.2) is 0 Å². The van der Waals surface area contributed by atoms with Crippen LogP contribution in [-0.2, 0) is 4.74 Å². The van der Waals surface area contributed by atoms with Crippen molar-refractivity contribution >= 4 is 5.91 Å². The highest BCUT2D eigenvalue weighted by Gasteiger charge is 2.16. The minimum Gasteiger partial charge on any atom is -0.491 e. The first-order valence-corrected chi connectivity index (χ1v) is 6.80. The number of hydrogen-bond acceptors (Lipinski definition) is 3. The first-order valence-electron chi connectivity index (χ1n) is 6.80. The number of nitrogens with zero attached hydrogens (tertiary/aromatic N) is 1. The predicted octanol–water partition coefficient (Wildman–Crippen LogP) is 2.34. The van der Waals surface area contributed by atoms with Crippen LogP contribution in [0.1, 0.15) is 30.1 Å². The first-order chi connectivity index (χ1) is 9.20. The number of benzene rings is 1. The molecule has 0 aromatic heterocycles. The van der Waals surface area contributed by atoms with Gasteiger partial charge in [0, 0.05) is 25.8 Å². The quantitative estimate of drug-likeness (QED) is 0.818. The Balaban J connectivity index is 1.88.